The highest BCUT2D eigenvalue weighted by Gasteiger charge is 2.20. The molecule has 0 saturated carbocycles. The lowest BCUT2D eigenvalue weighted by Crippen LogP contribution is -2.25. The van der Waals surface area contributed by atoms with Crippen LogP contribution in [0.5, 0.6) is 0 Å². The average Bonchev–Trinajstić information content (AvgIpc) is 2.62. The molecule has 1 aliphatic heterocycles. The van der Waals surface area contributed by atoms with Gasteiger partial charge in [0.15, 0.2) is 0 Å². The van der Waals surface area contributed by atoms with E-state index < -0.39 is 0 Å². The molecule has 0 fully saturated rings. The molecule has 1 amide bonds. The fourth-order valence-corrected chi connectivity index (χ4v) is 1.67. The van der Waals surface area contributed by atoms with Gasteiger partial charge < -0.3 is 10.0 Å². The van der Waals surface area contributed by atoms with E-state index in [1.807, 2.05) is 23.1 Å². The molecule has 0 bridgehead atoms. The minimum absolute atomic E-state index is 0.139. The first-order valence-electron chi connectivity index (χ1n) is 5.17. The van der Waals surface area contributed by atoms with Gasteiger partial charge in [0, 0.05) is 25.8 Å². The topological polar surface area (TPSA) is 40.5 Å². The van der Waals surface area contributed by atoms with Gasteiger partial charge in [-0.1, -0.05) is 18.2 Å². The third kappa shape index (κ3) is 2.80. The van der Waals surface area contributed by atoms with Gasteiger partial charge in [-0.15, -0.1) is 0 Å². The number of amides is 1. The van der Waals surface area contributed by atoms with Gasteiger partial charge in [0.2, 0.25) is 5.91 Å². The average molecular weight is 207 g/mol. The largest absolute Gasteiger partial charge is 0.397 e. The van der Waals surface area contributed by atoms with Crippen LogP contribution in [0, 0.1) is 0 Å². The summed E-state index contributed by atoms with van der Waals surface area (Å²) in [6.45, 7) is 4.39. The number of carbonyl (C=O) groups is 1. The summed E-state index contributed by atoms with van der Waals surface area (Å²) in [5, 5.41) is 7.57. The molecule has 1 heterocycles. The predicted octanol–water partition coefficient (Wildman–Crippen LogP) is 1.59. The Bertz CT molecular complexity index is 336. The number of fused-ring (bicyclic) bond motifs is 1. The lowest BCUT2D eigenvalue weighted by atomic mass is 10.2. The third-order valence-electron chi connectivity index (χ3n) is 2.27. The quantitative estimate of drug-likeness (QED) is 0.702. The Hall–Kier alpha value is -1.35. The molecule has 3 heteroatoms. The van der Waals surface area contributed by atoms with Crippen LogP contribution in [0.4, 0.5) is 5.69 Å². The highest BCUT2D eigenvalue weighted by Crippen LogP contribution is 2.26. The minimum atomic E-state index is 0.139. The van der Waals surface area contributed by atoms with Crippen molar-refractivity contribution in [1.82, 2.24) is 0 Å². The van der Waals surface area contributed by atoms with Crippen LogP contribution >= 0.6 is 0 Å². The summed E-state index contributed by atoms with van der Waals surface area (Å²) in [6, 6.07) is 8.07. The summed E-state index contributed by atoms with van der Waals surface area (Å²) < 4.78 is 0. The van der Waals surface area contributed by atoms with Crippen LogP contribution in [0.3, 0.4) is 0 Å². The molecule has 3 nitrogen and oxygen atoms in total. The van der Waals surface area contributed by atoms with E-state index in [-0.39, 0.29) is 12.5 Å². The van der Waals surface area contributed by atoms with Crippen LogP contribution in [-0.4, -0.2) is 24.2 Å². The molecule has 0 saturated heterocycles. The van der Waals surface area contributed by atoms with E-state index in [1.54, 1.807) is 13.8 Å². The Kier molecular flexibility index (Phi) is 4.31. The van der Waals surface area contributed by atoms with Crippen LogP contribution < -0.4 is 4.90 Å². The molecule has 0 aromatic heterocycles. The first-order chi connectivity index (χ1) is 7.20. The summed E-state index contributed by atoms with van der Waals surface area (Å²) in [4.78, 5) is 13.0. The Morgan fingerprint density at radius 2 is 2.07 bits per heavy atom. The van der Waals surface area contributed by atoms with Crippen molar-refractivity contribution in [3.8, 4) is 0 Å². The standard InChI is InChI=1S/C10H11NO.C2H6O/c1-8(12)11-7-6-9-4-2-3-5-10(9)11;1-2-3/h2-5H,6-7H2,1H3;3H,2H2,1H3. The molecule has 1 aliphatic rings. The van der Waals surface area contributed by atoms with Gasteiger partial charge in [-0.05, 0) is 25.0 Å². The molecule has 0 radical (unpaired) electrons. The maximum atomic E-state index is 11.1. The number of aliphatic hydroxyl groups is 1. The van der Waals surface area contributed by atoms with Crippen molar-refractivity contribution in [2.75, 3.05) is 18.1 Å². The van der Waals surface area contributed by atoms with Crippen molar-refractivity contribution < 1.29 is 9.90 Å². The van der Waals surface area contributed by atoms with Crippen molar-refractivity contribution in [2.45, 2.75) is 20.3 Å². The second-order valence-electron chi connectivity index (χ2n) is 3.37. The van der Waals surface area contributed by atoms with E-state index in [1.165, 1.54) is 5.56 Å². The third-order valence-corrected chi connectivity index (χ3v) is 2.27. The lowest BCUT2D eigenvalue weighted by molar-refractivity contribution is -0.116. The van der Waals surface area contributed by atoms with Crippen LogP contribution in [0.2, 0.25) is 0 Å². The summed E-state index contributed by atoms with van der Waals surface area (Å²) in [6.07, 6.45) is 0.996. The summed E-state index contributed by atoms with van der Waals surface area (Å²) in [5.41, 5.74) is 2.37. The molecular formula is C12H17NO2. The molecule has 15 heavy (non-hydrogen) atoms. The van der Waals surface area contributed by atoms with Gasteiger partial charge in [-0.25, -0.2) is 0 Å². The van der Waals surface area contributed by atoms with Crippen molar-refractivity contribution in [3.63, 3.8) is 0 Å². The summed E-state index contributed by atoms with van der Waals surface area (Å²) in [5.74, 6) is 0.139. The van der Waals surface area contributed by atoms with E-state index in [0.717, 1.165) is 18.7 Å². The number of aliphatic hydroxyl groups excluding tert-OH is 1. The van der Waals surface area contributed by atoms with Gasteiger partial charge in [0.05, 0.1) is 0 Å². The van der Waals surface area contributed by atoms with Crippen molar-refractivity contribution >= 4 is 11.6 Å². The summed E-state index contributed by atoms with van der Waals surface area (Å²) in [7, 11) is 0. The molecule has 2 rings (SSSR count). The molecule has 82 valence electrons. The lowest BCUT2D eigenvalue weighted by Gasteiger charge is -2.13. The second-order valence-corrected chi connectivity index (χ2v) is 3.37. The molecule has 1 aromatic rings. The zero-order valence-corrected chi connectivity index (χ0v) is 9.23. The molecule has 0 aliphatic carbocycles. The van der Waals surface area contributed by atoms with Gasteiger partial charge in [0.1, 0.15) is 0 Å². The van der Waals surface area contributed by atoms with E-state index in [4.69, 9.17) is 5.11 Å². The Morgan fingerprint density at radius 1 is 1.47 bits per heavy atom. The zero-order chi connectivity index (χ0) is 11.3. The Morgan fingerprint density at radius 3 is 2.67 bits per heavy atom. The van der Waals surface area contributed by atoms with Crippen molar-refractivity contribution in [1.29, 1.82) is 0 Å². The van der Waals surface area contributed by atoms with Crippen LogP contribution in [0.25, 0.3) is 0 Å². The first-order valence-corrected chi connectivity index (χ1v) is 5.17. The van der Waals surface area contributed by atoms with E-state index in [0.29, 0.717) is 0 Å². The molecule has 1 aromatic carbocycles. The molecule has 0 atom stereocenters. The maximum Gasteiger partial charge on any atom is 0.223 e. The Balaban J connectivity index is 0.000000337. The van der Waals surface area contributed by atoms with Crippen LogP contribution in [0.1, 0.15) is 19.4 Å². The number of para-hydroxylation sites is 1. The van der Waals surface area contributed by atoms with Gasteiger partial charge in [0.25, 0.3) is 0 Å². The van der Waals surface area contributed by atoms with Gasteiger partial charge >= 0.3 is 0 Å². The van der Waals surface area contributed by atoms with Gasteiger partial charge in [-0.2, -0.15) is 0 Å². The number of carbonyl (C=O) groups excluding carboxylic acids is 1. The SMILES string of the molecule is CC(=O)N1CCc2ccccc21.CCO. The second kappa shape index (κ2) is 5.51. The van der Waals surface area contributed by atoms with E-state index in [2.05, 4.69) is 6.07 Å². The highest BCUT2D eigenvalue weighted by molar-refractivity contribution is 5.93. The fourth-order valence-electron chi connectivity index (χ4n) is 1.67. The van der Waals surface area contributed by atoms with Crippen molar-refractivity contribution in [3.05, 3.63) is 29.8 Å². The van der Waals surface area contributed by atoms with Gasteiger partial charge in [-0.3, -0.25) is 4.79 Å². The van der Waals surface area contributed by atoms with E-state index in [9.17, 15) is 4.79 Å². The molecule has 0 unspecified atom stereocenters. The van der Waals surface area contributed by atoms with E-state index >= 15 is 0 Å². The van der Waals surface area contributed by atoms with Crippen LogP contribution in [0.15, 0.2) is 24.3 Å². The summed E-state index contributed by atoms with van der Waals surface area (Å²) >= 11 is 0. The predicted molar refractivity (Wildman–Crippen MR) is 60.9 cm³/mol. The molecular weight excluding hydrogens is 190 g/mol. The first kappa shape index (κ1) is 11.7. The normalized spacial score (nSPS) is 12.9. The molecule has 1 N–H and O–H groups in total. The highest BCUT2D eigenvalue weighted by atomic mass is 16.2. The number of hydrogen-bond donors (Lipinski definition) is 1. The maximum absolute atomic E-state index is 11.1. The number of anilines is 1. The number of hydrogen-bond acceptors (Lipinski definition) is 2. The monoisotopic (exact) mass is 207 g/mol. The number of benzene rings is 1. The molecule has 0 spiro atoms. The number of rotatable bonds is 0. The smallest absolute Gasteiger partial charge is 0.223 e. The van der Waals surface area contributed by atoms with Crippen LogP contribution in [-0.2, 0) is 11.2 Å². The minimum Gasteiger partial charge on any atom is -0.397 e. The zero-order valence-electron chi connectivity index (χ0n) is 9.23. The fraction of sp³-hybridized carbons (Fsp3) is 0.417. The Labute approximate surface area is 90.3 Å². The number of nitrogens with zero attached hydrogens (tertiary/aromatic N) is 1. The van der Waals surface area contributed by atoms with Crippen molar-refractivity contribution in [2.24, 2.45) is 0 Å².